The lowest BCUT2D eigenvalue weighted by Gasteiger charge is -2.36. The van der Waals surface area contributed by atoms with E-state index in [1.165, 1.54) is 4.31 Å². The summed E-state index contributed by atoms with van der Waals surface area (Å²) in [5, 5.41) is 4.92. The zero-order valence-corrected chi connectivity index (χ0v) is 20.4. The number of nitrogens with zero attached hydrogens (tertiary/aromatic N) is 1. The van der Waals surface area contributed by atoms with Crippen LogP contribution in [0.2, 0.25) is 0 Å². The van der Waals surface area contributed by atoms with E-state index >= 15 is 0 Å². The standard InChI is InChI=1S/C25H28N2O3S2/c1-16-12-17(2)19(4)24(18(16)3)32(29,30)27-15-21-9-6-5-8-20(21)13-23(27)25(28)26-14-22-10-7-11-31-22/h5-12,23H,13-15H2,1-4H3,(H,26,28)/t23-/m0/s1. The average Bonchev–Trinajstić information content (AvgIpc) is 3.29. The number of aryl methyl sites for hydroxylation is 2. The number of benzene rings is 2. The quantitative estimate of drug-likeness (QED) is 0.603. The summed E-state index contributed by atoms with van der Waals surface area (Å²) < 4.78 is 29.5. The smallest absolute Gasteiger partial charge is 0.244 e. The van der Waals surface area contributed by atoms with Gasteiger partial charge in [-0.1, -0.05) is 36.4 Å². The molecule has 2 heterocycles. The van der Waals surface area contributed by atoms with Crippen LogP contribution in [0.15, 0.2) is 52.7 Å². The summed E-state index contributed by atoms with van der Waals surface area (Å²) in [4.78, 5) is 14.6. The summed E-state index contributed by atoms with van der Waals surface area (Å²) in [6.07, 6.45) is 0.356. The summed E-state index contributed by atoms with van der Waals surface area (Å²) in [7, 11) is -3.90. The van der Waals surface area contributed by atoms with E-state index in [0.29, 0.717) is 17.9 Å². The van der Waals surface area contributed by atoms with Crippen LogP contribution in [0.4, 0.5) is 0 Å². The number of nitrogens with one attached hydrogen (secondary N) is 1. The third kappa shape index (κ3) is 4.12. The molecule has 168 valence electrons. The van der Waals surface area contributed by atoms with Gasteiger partial charge >= 0.3 is 0 Å². The first-order valence-corrected chi connectivity index (χ1v) is 13.0. The van der Waals surface area contributed by atoms with Gasteiger partial charge in [0.05, 0.1) is 11.4 Å². The Morgan fingerprint density at radius 2 is 1.69 bits per heavy atom. The number of hydrogen-bond donors (Lipinski definition) is 1. The van der Waals surface area contributed by atoms with E-state index < -0.39 is 16.1 Å². The van der Waals surface area contributed by atoms with Crippen LogP contribution in [0.3, 0.4) is 0 Å². The molecule has 1 aliphatic rings. The average molecular weight is 469 g/mol. The molecular weight excluding hydrogens is 440 g/mol. The number of rotatable bonds is 5. The van der Waals surface area contributed by atoms with Crippen molar-refractivity contribution >= 4 is 27.3 Å². The molecule has 0 saturated heterocycles. The van der Waals surface area contributed by atoms with Crippen molar-refractivity contribution in [3.63, 3.8) is 0 Å². The fourth-order valence-electron chi connectivity index (χ4n) is 4.37. The largest absolute Gasteiger partial charge is 0.350 e. The fraction of sp³-hybridized carbons (Fsp3) is 0.320. The summed E-state index contributed by atoms with van der Waals surface area (Å²) in [5.41, 5.74) is 5.31. The van der Waals surface area contributed by atoms with Crippen LogP contribution in [-0.4, -0.2) is 24.7 Å². The molecule has 1 N–H and O–H groups in total. The van der Waals surface area contributed by atoms with Crippen molar-refractivity contribution < 1.29 is 13.2 Å². The van der Waals surface area contributed by atoms with Gasteiger partial charge in [-0.3, -0.25) is 4.79 Å². The number of thiophene rings is 1. The van der Waals surface area contributed by atoms with Gasteiger partial charge in [0, 0.05) is 11.4 Å². The minimum atomic E-state index is -3.90. The minimum Gasteiger partial charge on any atom is -0.350 e. The number of hydrogen-bond acceptors (Lipinski definition) is 4. The number of carbonyl (C=O) groups is 1. The van der Waals surface area contributed by atoms with Gasteiger partial charge in [-0.2, -0.15) is 4.31 Å². The number of amides is 1. The van der Waals surface area contributed by atoms with Crippen molar-refractivity contribution in [1.82, 2.24) is 9.62 Å². The highest BCUT2D eigenvalue weighted by Crippen LogP contribution is 2.34. The molecule has 1 aromatic heterocycles. The van der Waals surface area contributed by atoms with Gasteiger partial charge in [0.2, 0.25) is 15.9 Å². The van der Waals surface area contributed by atoms with Crippen molar-refractivity contribution in [2.75, 3.05) is 0 Å². The number of carbonyl (C=O) groups excluding carboxylic acids is 1. The van der Waals surface area contributed by atoms with E-state index in [1.807, 2.05) is 75.5 Å². The maximum Gasteiger partial charge on any atom is 0.244 e. The zero-order valence-electron chi connectivity index (χ0n) is 18.8. The Morgan fingerprint density at radius 3 is 2.31 bits per heavy atom. The van der Waals surface area contributed by atoms with E-state index in [9.17, 15) is 13.2 Å². The van der Waals surface area contributed by atoms with E-state index in [1.54, 1.807) is 11.3 Å². The Bertz CT molecular complexity index is 1240. The SMILES string of the molecule is Cc1cc(C)c(C)c(S(=O)(=O)N2Cc3ccccc3C[C@H]2C(=O)NCc2cccs2)c1C. The van der Waals surface area contributed by atoms with Crippen LogP contribution in [0.1, 0.15) is 38.3 Å². The third-order valence-electron chi connectivity index (χ3n) is 6.39. The summed E-state index contributed by atoms with van der Waals surface area (Å²) >= 11 is 1.56. The number of sulfonamides is 1. The van der Waals surface area contributed by atoms with Gasteiger partial charge in [-0.25, -0.2) is 8.42 Å². The van der Waals surface area contributed by atoms with Gasteiger partial charge < -0.3 is 5.32 Å². The summed E-state index contributed by atoms with van der Waals surface area (Å²) in [6, 6.07) is 12.9. The first kappa shape index (κ1) is 22.7. The van der Waals surface area contributed by atoms with E-state index in [-0.39, 0.29) is 12.5 Å². The highest BCUT2D eigenvalue weighted by atomic mass is 32.2. The molecule has 4 rings (SSSR count). The third-order valence-corrected chi connectivity index (χ3v) is 9.39. The van der Waals surface area contributed by atoms with Gasteiger partial charge in [0.25, 0.3) is 0 Å². The maximum atomic E-state index is 14.0. The Hall–Kier alpha value is -2.48. The van der Waals surface area contributed by atoms with Crippen molar-refractivity contribution in [3.8, 4) is 0 Å². The molecule has 3 aromatic rings. The Kier molecular flexibility index (Phi) is 6.25. The second-order valence-electron chi connectivity index (χ2n) is 8.43. The second-order valence-corrected chi connectivity index (χ2v) is 11.3. The van der Waals surface area contributed by atoms with E-state index in [4.69, 9.17) is 0 Å². The maximum absolute atomic E-state index is 14.0. The lowest BCUT2D eigenvalue weighted by molar-refractivity contribution is -0.125. The molecule has 0 radical (unpaired) electrons. The molecule has 2 aromatic carbocycles. The molecule has 0 spiro atoms. The highest BCUT2D eigenvalue weighted by Gasteiger charge is 2.41. The monoisotopic (exact) mass is 468 g/mol. The van der Waals surface area contributed by atoms with Gasteiger partial charge in [-0.15, -0.1) is 11.3 Å². The van der Waals surface area contributed by atoms with Crippen LogP contribution in [0.5, 0.6) is 0 Å². The first-order valence-electron chi connectivity index (χ1n) is 10.7. The molecule has 0 unspecified atom stereocenters. The molecule has 5 nitrogen and oxygen atoms in total. The molecule has 7 heteroatoms. The van der Waals surface area contributed by atoms with Gasteiger partial charge in [0.15, 0.2) is 0 Å². The molecule has 32 heavy (non-hydrogen) atoms. The normalized spacial score (nSPS) is 16.6. The van der Waals surface area contributed by atoms with Crippen LogP contribution in [-0.2, 0) is 34.3 Å². The molecule has 0 saturated carbocycles. The second kappa shape index (κ2) is 8.81. The molecule has 0 aliphatic carbocycles. The van der Waals surface area contributed by atoms with Crippen LogP contribution < -0.4 is 5.32 Å². The van der Waals surface area contributed by atoms with Crippen molar-refractivity contribution in [1.29, 1.82) is 0 Å². The zero-order chi connectivity index (χ0) is 23.0. The fourth-order valence-corrected chi connectivity index (χ4v) is 7.15. The first-order chi connectivity index (χ1) is 15.2. The Labute approximate surface area is 194 Å². The van der Waals surface area contributed by atoms with Crippen LogP contribution >= 0.6 is 11.3 Å². The lowest BCUT2D eigenvalue weighted by atomic mass is 9.95. The van der Waals surface area contributed by atoms with E-state index in [0.717, 1.165) is 38.3 Å². The molecule has 0 bridgehead atoms. The van der Waals surface area contributed by atoms with E-state index in [2.05, 4.69) is 5.32 Å². The highest BCUT2D eigenvalue weighted by molar-refractivity contribution is 7.89. The predicted octanol–water partition coefficient (Wildman–Crippen LogP) is 4.41. The van der Waals surface area contributed by atoms with Crippen LogP contribution in [0, 0.1) is 27.7 Å². The van der Waals surface area contributed by atoms with Crippen molar-refractivity contribution in [2.24, 2.45) is 0 Å². The lowest BCUT2D eigenvalue weighted by Crippen LogP contribution is -2.52. The predicted molar refractivity (Wildman–Crippen MR) is 128 cm³/mol. The summed E-state index contributed by atoms with van der Waals surface area (Å²) in [6.45, 7) is 8.12. The van der Waals surface area contributed by atoms with Gasteiger partial charge in [0.1, 0.15) is 6.04 Å². The molecule has 1 amide bonds. The topological polar surface area (TPSA) is 66.5 Å². The summed E-state index contributed by atoms with van der Waals surface area (Å²) in [5.74, 6) is -0.267. The Morgan fingerprint density at radius 1 is 1.03 bits per heavy atom. The molecule has 1 atom stereocenters. The molecule has 1 aliphatic heterocycles. The molecule has 0 fully saturated rings. The van der Waals surface area contributed by atoms with Crippen molar-refractivity contribution in [3.05, 3.63) is 86.1 Å². The number of fused-ring (bicyclic) bond motifs is 1. The van der Waals surface area contributed by atoms with Gasteiger partial charge in [-0.05, 0) is 78.9 Å². The Balaban J connectivity index is 1.76. The molecular formula is C25H28N2O3S2. The van der Waals surface area contributed by atoms with Crippen LogP contribution in [0.25, 0.3) is 0 Å². The van der Waals surface area contributed by atoms with Crippen molar-refractivity contribution in [2.45, 2.75) is 58.1 Å². The minimum absolute atomic E-state index is 0.182.